The first-order valence-electron chi connectivity index (χ1n) is 8.21. The van der Waals surface area contributed by atoms with E-state index in [0.717, 1.165) is 4.90 Å². The van der Waals surface area contributed by atoms with Crippen molar-refractivity contribution < 1.29 is 40.7 Å². The van der Waals surface area contributed by atoms with Crippen LogP contribution in [0.25, 0.3) is 0 Å². The predicted octanol–water partition coefficient (Wildman–Crippen LogP) is 3.81. The number of carbonyl (C=O) groups is 2. The van der Waals surface area contributed by atoms with Crippen molar-refractivity contribution in [1.29, 1.82) is 0 Å². The van der Waals surface area contributed by atoms with Gasteiger partial charge in [0.15, 0.2) is 0 Å². The van der Waals surface area contributed by atoms with E-state index < -0.39 is 24.5 Å². The van der Waals surface area contributed by atoms with Gasteiger partial charge >= 0.3 is 18.4 Å². The van der Waals surface area contributed by atoms with E-state index in [1.165, 1.54) is 17.5 Å². The number of amides is 2. The molecule has 156 valence electrons. The first kappa shape index (κ1) is 20.7. The van der Waals surface area contributed by atoms with E-state index in [1.807, 2.05) is 0 Å². The Labute approximate surface area is 158 Å². The van der Waals surface area contributed by atoms with Gasteiger partial charge < -0.3 is 15.0 Å². The second-order valence-electron chi connectivity index (χ2n) is 6.81. The number of likely N-dealkylation sites (tertiary alicyclic amines) is 1. The Bertz CT molecular complexity index is 714. The number of piperidine rings is 1. The molecule has 0 bridgehead atoms. The SMILES string of the molecule is O=C(Nc1cncs1)[C@H]1CC12CCN(C(=O)OC(C(F)(F)F)C(F)(F)F)CC2. The van der Waals surface area contributed by atoms with Crippen molar-refractivity contribution in [2.75, 3.05) is 18.4 Å². The van der Waals surface area contributed by atoms with Crippen LogP contribution in [0.1, 0.15) is 19.3 Å². The first-order valence-corrected chi connectivity index (χ1v) is 9.09. The van der Waals surface area contributed by atoms with E-state index in [9.17, 15) is 35.9 Å². The standard InChI is InChI=1S/C15H15F6N3O3S/c16-14(17,18)11(15(19,20)21)27-12(26)24-3-1-13(2-4-24)5-8(13)10(25)23-9-6-22-7-28-9/h6-8,11H,1-5H2,(H,23,25)/t8-/m1/s1. The zero-order valence-electron chi connectivity index (χ0n) is 14.1. The van der Waals surface area contributed by atoms with Gasteiger partial charge in [0.2, 0.25) is 5.91 Å². The molecule has 2 heterocycles. The van der Waals surface area contributed by atoms with Gasteiger partial charge in [0.25, 0.3) is 6.10 Å². The number of aromatic nitrogens is 1. The molecule has 2 amide bonds. The van der Waals surface area contributed by atoms with E-state index >= 15 is 0 Å². The zero-order valence-corrected chi connectivity index (χ0v) is 15.0. The molecule has 2 fully saturated rings. The fraction of sp³-hybridized carbons (Fsp3) is 0.667. The third-order valence-corrected chi connectivity index (χ3v) is 5.70. The molecule has 6 nitrogen and oxygen atoms in total. The molecule has 3 rings (SSSR count). The minimum atomic E-state index is -5.75. The van der Waals surface area contributed by atoms with E-state index in [-0.39, 0.29) is 30.3 Å². The minimum Gasteiger partial charge on any atom is -0.426 e. The van der Waals surface area contributed by atoms with Crippen LogP contribution in [0.4, 0.5) is 36.1 Å². The van der Waals surface area contributed by atoms with Crippen LogP contribution >= 0.6 is 11.3 Å². The van der Waals surface area contributed by atoms with Crippen LogP contribution in [0, 0.1) is 11.3 Å². The minimum absolute atomic E-state index is 0.0778. The van der Waals surface area contributed by atoms with Crippen molar-refractivity contribution in [3.8, 4) is 0 Å². The Balaban J connectivity index is 1.53. The van der Waals surface area contributed by atoms with Gasteiger partial charge in [-0.25, -0.2) is 4.79 Å². The number of ether oxygens (including phenoxy) is 1. The van der Waals surface area contributed by atoms with Gasteiger partial charge in [-0.05, 0) is 24.7 Å². The molecule has 13 heteroatoms. The first-order chi connectivity index (χ1) is 12.9. The summed E-state index contributed by atoms with van der Waals surface area (Å²) in [5.74, 6) is -0.527. The van der Waals surface area contributed by atoms with Crippen molar-refractivity contribution in [3.05, 3.63) is 11.7 Å². The Hall–Kier alpha value is -2.05. The fourth-order valence-electron chi connectivity index (χ4n) is 3.39. The largest absolute Gasteiger partial charge is 0.434 e. The highest BCUT2D eigenvalue weighted by molar-refractivity contribution is 7.13. The van der Waals surface area contributed by atoms with E-state index in [0.29, 0.717) is 24.3 Å². The van der Waals surface area contributed by atoms with Crippen molar-refractivity contribution >= 4 is 28.3 Å². The Morgan fingerprint density at radius 3 is 2.32 bits per heavy atom. The molecule has 0 aromatic carbocycles. The van der Waals surface area contributed by atoms with Gasteiger partial charge in [-0.3, -0.25) is 9.78 Å². The molecule has 1 spiro atoms. The van der Waals surface area contributed by atoms with Crippen molar-refractivity contribution in [2.45, 2.75) is 37.7 Å². The van der Waals surface area contributed by atoms with Crippen LogP contribution in [-0.4, -0.2) is 53.4 Å². The molecule has 1 aliphatic heterocycles. The molecule has 1 saturated carbocycles. The van der Waals surface area contributed by atoms with E-state index in [1.54, 1.807) is 5.51 Å². The van der Waals surface area contributed by atoms with Crippen LogP contribution in [0.3, 0.4) is 0 Å². The Kier molecular flexibility index (Phi) is 5.23. The predicted molar refractivity (Wildman–Crippen MR) is 84.5 cm³/mol. The number of halogens is 6. The number of thiazole rings is 1. The maximum absolute atomic E-state index is 12.5. The molecule has 1 aromatic heterocycles. The molecule has 1 atom stereocenters. The summed E-state index contributed by atoms with van der Waals surface area (Å²) in [6.07, 6.45) is -14.7. The van der Waals surface area contributed by atoms with Crippen LogP contribution in [0.2, 0.25) is 0 Å². The summed E-state index contributed by atoms with van der Waals surface area (Å²) in [5.41, 5.74) is 1.16. The van der Waals surface area contributed by atoms with Crippen LogP contribution in [-0.2, 0) is 9.53 Å². The van der Waals surface area contributed by atoms with Gasteiger partial charge in [-0.2, -0.15) is 26.3 Å². The highest BCUT2D eigenvalue weighted by Crippen LogP contribution is 2.59. The maximum atomic E-state index is 12.5. The molecular weight excluding hydrogens is 416 g/mol. The number of carbonyl (C=O) groups excluding carboxylic acids is 2. The van der Waals surface area contributed by atoms with Crippen LogP contribution in [0.15, 0.2) is 11.7 Å². The maximum Gasteiger partial charge on any atom is 0.434 e. The number of anilines is 1. The number of nitrogens with zero attached hydrogens (tertiary/aromatic N) is 2. The Morgan fingerprint density at radius 1 is 1.21 bits per heavy atom. The molecule has 1 aliphatic carbocycles. The monoisotopic (exact) mass is 431 g/mol. The highest BCUT2D eigenvalue weighted by atomic mass is 32.1. The summed E-state index contributed by atoms with van der Waals surface area (Å²) in [7, 11) is 0. The van der Waals surface area contributed by atoms with E-state index in [2.05, 4.69) is 15.0 Å². The smallest absolute Gasteiger partial charge is 0.426 e. The third-order valence-electron chi connectivity index (χ3n) is 5.02. The lowest BCUT2D eigenvalue weighted by Crippen LogP contribution is -2.49. The van der Waals surface area contributed by atoms with Gasteiger partial charge in [-0.15, -0.1) is 11.3 Å². The Morgan fingerprint density at radius 2 is 1.82 bits per heavy atom. The average molecular weight is 431 g/mol. The molecule has 0 unspecified atom stereocenters. The number of alkyl halides is 6. The summed E-state index contributed by atoms with van der Waals surface area (Å²) in [6, 6.07) is 0. The number of nitrogens with one attached hydrogen (secondary N) is 1. The topological polar surface area (TPSA) is 71.5 Å². The van der Waals surface area contributed by atoms with Gasteiger partial charge in [0.1, 0.15) is 5.00 Å². The summed E-state index contributed by atoms with van der Waals surface area (Å²) >= 11 is 1.25. The number of rotatable bonds is 3. The lowest BCUT2D eigenvalue weighted by molar-refractivity contribution is -0.308. The second-order valence-corrected chi connectivity index (χ2v) is 7.69. The lowest BCUT2D eigenvalue weighted by Gasteiger charge is -2.33. The summed E-state index contributed by atoms with van der Waals surface area (Å²) in [6.45, 7) is -0.156. The van der Waals surface area contributed by atoms with Crippen LogP contribution < -0.4 is 5.32 Å². The summed E-state index contributed by atoms with van der Waals surface area (Å²) in [4.78, 5) is 28.7. The van der Waals surface area contributed by atoms with Crippen LogP contribution in [0.5, 0.6) is 0 Å². The van der Waals surface area contributed by atoms with E-state index in [4.69, 9.17) is 0 Å². The second kappa shape index (κ2) is 7.08. The molecule has 0 radical (unpaired) electrons. The zero-order chi connectivity index (χ0) is 20.7. The summed E-state index contributed by atoms with van der Waals surface area (Å²) < 4.78 is 78.8. The number of hydrogen-bond acceptors (Lipinski definition) is 5. The van der Waals surface area contributed by atoms with Crippen molar-refractivity contribution in [1.82, 2.24) is 9.88 Å². The molecular formula is C15H15F6N3O3S. The lowest BCUT2D eigenvalue weighted by atomic mass is 9.91. The fourth-order valence-corrected chi connectivity index (χ4v) is 3.90. The molecule has 1 N–H and O–H groups in total. The van der Waals surface area contributed by atoms with Gasteiger partial charge in [-0.1, -0.05) is 0 Å². The number of hydrogen-bond donors (Lipinski definition) is 1. The van der Waals surface area contributed by atoms with Gasteiger partial charge in [0, 0.05) is 19.0 Å². The quantitative estimate of drug-likeness (QED) is 0.739. The molecule has 1 aromatic rings. The summed E-state index contributed by atoms with van der Waals surface area (Å²) in [5, 5.41) is 3.29. The molecule has 28 heavy (non-hydrogen) atoms. The normalized spacial score (nSPS) is 21.7. The third kappa shape index (κ3) is 4.33. The molecule has 1 saturated heterocycles. The molecule has 2 aliphatic rings. The average Bonchev–Trinajstić information content (AvgIpc) is 3.02. The van der Waals surface area contributed by atoms with Gasteiger partial charge in [0.05, 0.1) is 11.7 Å². The van der Waals surface area contributed by atoms with Crippen molar-refractivity contribution in [3.63, 3.8) is 0 Å². The highest BCUT2D eigenvalue weighted by Gasteiger charge is 2.61. The van der Waals surface area contributed by atoms with Crippen molar-refractivity contribution in [2.24, 2.45) is 11.3 Å².